The number of halogens is 1. The summed E-state index contributed by atoms with van der Waals surface area (Å²) in [5.41, 5.74) is 6.64. The van der Waals surface area contributed by atoms with Crippen LogP contribution in [0.5, 0.6) is 0 Å². The minimum atomic E-state index is -0.253. The Hall–Kier alpha value is -2.25. The van der Waals surface area contributed by atoms with Gasteiger partial charge in [-0.05, 0) is 25.5 Å². The van der Waals surface area contributed by atoms with E-state index in [2.05, 4.69) is 10.6 Å². The van der Waals surface area contributed by atoms with E-state index in [4.69, 9.17) is 14.6 Å². The fraction of sp³-hybridized carbons (Fsp3) is 0.333. The van der Waals surface area contributed by atoms with Gasteiger partial charge in [-0.25, -0.2) is 0 Å². The summed E-state index contributed by atoms with van der Waals surface area (Å²) < 4.78 is 10.2. The van der Waals surface area contributed by atoms with Gasteiger partial charge in [-0.2, -0.15) is 0 Å². The number of nitrogens with one attached hydrogen (secondary N) is 2. The van der Waals surface area contributed by atoms with Gasteiger partial charge in [0.05, 0.1) is 18.4 Å². The summed E-state index contributed by atoms with van der Waals surface area (Å²) >= 11 is 0. The predicted octanol–water partition coefficient (Wildman–Crippen LogP) is 1.61. The summed E-state index contributed by atoms with van der Waals surface area (Å²) in [6.07, 6.45) is 3.46. The van der Waals surface area contributed by atoms with Crippen molar-refractivity contribution in [3.05, 3.63) is 47.3 Å². The van der Waals surface area contributed by atoms with Crippen molar-refractivity contribution in [3.63, 3.8) is 0 Å². The van der Waals surface area contributed by atoms with Crippen molar-refractivity contribution < 1.29 is 18.4 Å². The molecule has 0 saturated carbocycles. The number of hydrogen-bond donors (Lipinski definition) is 3. The topological polar surface area (TPSA) is 110 Å². The first-order valence-corrected chi connectivity index (χ1v) is 6.99. The van der Waals surface area contributed by atoms with Crippen LogP contribution in [0.25, 0.3) is 0 Å². The number of nitrogens with two attached hydrogens (primary N) is 1. The highest BCUT2D eigenvalue weighted by atomic mass is 35.5. The van der Waals surface area contributed by atoms with E-state index in [1.165, 1.54) is 12.5 Å². The smallest absolute Gasteiger partial charge is 0.287 e. The number of aryl methyl sites for hydroxylation is 1. The van der Waals surface area contributed by atoms with Crippen LogP contribution in [0, 0.1) is 6.92 Å². The molecule has 0 atom stereocenters. The first-order chi connectivity index (χ1) is 10.6. The molecule has 4 N–H and O–H groups in total. The molecule has 0 aliphatic carbocycles. The average molecular weight is 342 g/mol. The van der Waals surface area contributed by atoms with Crippen LogP contribution in [-0.2, 0) is 6.54 Å². The number of furan rings is 2. The van der Waals surface area contributed by atoms with Crippen LogP contribution in [0.3, 0.4) is 0 Å². The van der Waals surface area contributed by atoms with Crippen LogP contribution in [0.1, 0.15) is 38.7 Å². The van der Waals surface area contributed by atoms with E-state index in [-0.39, 0.29) is 30.8 Å². The number of hydrogen-bond acceptors (Lipinski definition) is 5. The Morgan fingerprint density at radius 3 is 2.43 bits per heavy atom. The molecule has 2 amide bonds. The minimum Gasteiger partial charge on any atom is -0.467 e. The molecule has 0 unspecified atom stereocenters. The van der Waals surface area contributed by atoms with Crippen LogP contribution in [0.4, 0.5) is 0 Å². The summed E-state index contributed by atoms with van der Waals surface area (Å²) in [5.74, 6) is 0.399. The summed E-state index contributed by atoms with van der Waals surface area (Å²) in [6, 6.07) is 3.34. The summed E-state index contributed by atoms with van der Waals surface area (Å²) in [7, 11) is 0. The number of carbonyl (C=O) groups is 2. The molecule has 126 valence electrons. The third kappa shape index (κ3) is 5.15. The normalized spacial score (nSPS) is 10.0. The molecule has 0 aliphatic heterocycles. The van der Waals surface area contributed by atoms with E-state index in [1.54, 1.807) is 19.1 Å². The van der Waals surface area contributed by atoms with Crippen molar-refractivity contribution in [1.29, 1.82) is 0 Å². The van der Waals surface area contributed by atoms with E-state index < -0.39 is 0 Å². The molecule has 0 bridgehead atoms. The summed E-state index contributed by atoms with van der Waals surface area (Å²) in [4.78, 5) is 23.6. The number of rotatable bonds is 7. The Morgan fingerprint density at radius 1 is 1.17 bits per heavy atom. The molecule has 23 heavy (non-hydrogen) atoms. The third-order valence-electron chi connectivity index (χ3n) is 3.11. The molecular weight excluding hydrogens is 322 g/mol. The highest BCUT2D eigenvalue weighted by molar-refractivity contribution is 5.94. The Bertz CT molecular complexity index is 651. The Morgan fingerprint density at radius 2 is 1.87 bits per heavy atom. The molecule has 2 heterocycles. The van der Waals surface area contributed by atoms with Gasteiger partial charge in [-0.15, -0.1) is 12.4 Å². The molecule has 2 aromatic heterocycles. The fourth-order valence-corrected chi connectivity index (χ4v) is 1.89. The van der Waals surface area contributed by atoms with Crippen molar-refractivity contribution in [3.8, 4) is 0 Å². The molecule has 0 aliphatic rings. The third-order valence-corrected chi connectivity index (χ3v) is 3.11. The lowest BCUT2D eigenvalue weighted by molar-refractivity contribution is 0.0924. The van der Waals surface area contributed by atoms with E-state index in [9.17, 15) is 9.59 Å². The molecule has 0 aromatic carbocycles. The van der Waals surface area contributed by atoms with Crippen molar-refractivity contribution in [2.75, 3.05) is 13.1 Å². The van der Waals surface area contributed by atoms with Crippen LogP contribution in [0.2, 0.25) is 0 Å². The Labute approximate surface area is 140 Å². The van der Waals surface area contributed by atoms with Gasteiger partial charge in [0.1, 0.15) is 12.0 Å². The summed E-state index contributed by atoms with van der Waals surface area (Å²) in [6.45, 7) is 2.95. The lowest BCUT2D eigenvalue weighted by Gasteiger charge is -2.05. The van der Waals surface area contributed by atoms with Gasteiger partial charge in [0.25, 0.3) is 11.8 Å². The standard InChI is InChI=1S/C15H19N3O4.ClH/c1-10-3-6-21-13(10)15(20)18-5-2-4-17-14(19)11-7-12(8-16)22-9-11;/h3,6-7,9H,2,4-5,8,16H2,1H3,(H,17,19)(H,18,20);1H. The molecule has 8 heteroatoms. The minimum absolute atomic E-state index is 0. The van der Waals surface area contributed by atoms with E-state index >= 15 is 0 Å². The largest absolute Gasteiger partial charge is 0.467 e. The second-order valence-electron chi connectivity index (χ2n) is 4.80. The lowest BCUT2D eigenvalue weighted by Crippen LogP contribution is -2.29. The predicted molar refractivity (Wildman–Crippen MR) is 86.6 cm³/mol. The fourth-order valence-electron chi connectivity index (χ4n) is 1.89. The number of amides is 2. The van der Waals surface area contributed by atoms with Crippen LogP contribution >= 0.6 is 12.4 Å². The van der Waals surface area contributed by atoms with Gasteiger partial charge in [0.15, 0.2) is 5.76 Å². The average Bonchev–Trinajstić information content (AvgIpc) is 3.15. The lowest BCUT2D eigenvalue weighted by atomic mass is 10.2. The summed E-state index contributed by atoms with van der Waals surface area (Å²) in [5, 5.41) is 5.48. The van der Waals surface area contributed by atoms with Gasteiger partial charge < -0.3 is 25.2 Å². The molecule has 0 radical (unpaired) electrons. The monoisotopic (exact) mass is 341 g/mol. The van der Waals surface area contributed by atoms with Gasteiger partial charge in [0.2, 0.25) is 0 Å². The van der Waals surface area contributed by atoms with Crippen molar-refractivity contribution in [2.24, 2.45) is 5.73 Å². The van der Waals surface area contributed by atoms with Crippen molar-refractivity contribution >= 4 is 24.2 Å². The quantitative estimate of drug-likeness (QED) is 0.663. The van der Waals surface area contributed by atoms with E-state index in [1.807, 2.05) is 0 Å². The molecule has 2 rings (SSSR count). The molecule has 0 fully saturated rings. The zero-order valence-electron chi connectivity index (χ0n) is 12.8. The highest BCUT2D eigenvalue weighted by Crippen LogP contribution is 2.08. The van der Waals surface area contributed by atoms with Gasteiger partial charge in [0, 0.05) is 18.7 Å². The van der Waals surface area contributed by atoms with Gasteiger partial charge >= 0.3 is 0 Å². The first-order valence-electron chi connectivity index (χ1n) is 6.99. The molecule has 7 nitrogen and oxygen atoms in total. The maximum absolute atomic E-state index is 11.8. The van der Waals surface area contributed by atoms with Crippen molar-refractivity contribution in [2.45, 2.75) is 19.9 Å². The van der Waals surface area contributed by atoms with Crippen molar-refractivity contribution in [1.82, 2.24) is 10.6 Å². The zero-order chi connectivity index (χ0) is 15.9. The van der Waals surface area contributed by atoms with Crippen LogP contribution in [-0.4, -0.2) is 24.9 Å². The van der Waals surface area contributed by atoms with Crippen LogP contribution < -0.4 is 16.4 Å². The second-order valence-corrected chi connectivity index (χ2v) is 4.80. The zero-order valence-corrected chi connectivity index (χ0v) is 13.6. The molecule has 2 aromatic rings. The highest BCUT2D eigenvalue weighted by Gasteiger charge is 2.12. The Balaban J connectivity index is 0.00000264. The molecule has 0 spiro atoms. The van der Waals surface area contributed by atoms with E-state index in [0.29, 0.717) is 36.6 Å². The van der Waals surface area contributed by atoms with E-state index in [0.717, 1.165) is 5.56 Å². The second kappa shape index (κ2) is 9.02. The maximum atomic E-state index is 11.8. The van der Waals surface area contributed by atoms with Gasteiger partial charge in [-0.1, -0.05) is 0 Å². The Kier molecular flexibility index (Phi) is 7.37. The van der Waals surface area contributed by atoms with Gasteiger partial charge in [-0.3, -0.25) is 9.59 Å². The molecule has 0 saturated heterocycles. The first kappa shape index (κ1) is 18.8. The molecular formula is C15H20ClN3O4. The van der Waals surface area contributed by atoms with Crippen LogP contribution in [0.15, 0.2) is 33.5 Å². The maximum Gasteiger partial charge on any atom is 0.287 e. The number of carbonyl (C=O) groups excluding carboxylic acids is 2. The SMILES string of the molecule is Cc1ccoc1C(=O)NCCCNC(=O)c1coc(CN)c1.Cl.